The predicted molar refractivity (Wildman–Crippen MR) is 75.9 cm³/mol. The number of aryl methyl sites for hydroxylation is 1. The number of hydrogen-bond donors (Lipinski definition) is 3. The number of nitrogen functional groups attached to an aromatic ring is 1. The summed E-state index contributed by atoms with van der Waals surface area (Å²) in [5, 5.41) is 2.85. The lowest BCUT2D eigenvalue weighted by Gasteiger charge is -2.10. The molecule has 0 aliphatic carbocycles. The molecule has 1 heterocycles. The van der Waals surface area contributed by atoms with Crippen molar-refractivity contribution in [3.63, 3.8) is 0 Å². The molecule has 19 heavy (non-hydrogen) atoms. The Labute approximate surface area is 111 Å². The number of nitrogens with zero attached hydrogens (tertiary/aromatic N) is 1. The lowest BCUT2D eigenvalue weighted by Crippen LogP contribution is -2.15. The third-order valence-electron chi connectivity index (χ3n) is 3.02. The predicted octanol–water partition coefficient (Wildman–Crippen LogP) is 2.24. The Hall–Kier alpha value is -2.40. The zero-order chi connectivity index (χ0) is 13.8. The van der Waals surface area contributed by atoms with Crippen LogP contribution in [-0.2, 0) is 0 Å². The number of pyridine rings is 1. The van der Waals surface area contributed by atoms with E-state index in [4.69, 9.17) is 5.84 Å². The average Bonchev–Trinajstić information content (AvgIpc) is 2.44. The molecule has 98 valence electrons. The fourth-order valence-corrected chi connectivity index (χ4v) is 1.69. The van der Waals surface area contributed by atoms with E-state index in [0.29, 0.717) is 11.4 Å². The minimum atomic E-state index is -0.239. The molecular weight excluding hydrogens is 240 g/mol. The number of benzene rings is 1. The van der Waals surface area contributed by atoms with Crippen LogP contribution in [0.5, 0.6) is 0 Å². The van der Waals surface area contributed by atoms with Crippen LogP contribution in [0.15, 0.2) is 36.5 Å². The molecule has 1 amide bonds. The number of carbonyl (C=O) groups excluding carboxylic acids is 1. The standard InChI is InChI=1S/C14H16N4O/c1-9-4-3-5-12(10(9)2)17-14(19)13-7-6-11(18-15)8-16-13/h3-8,18H,15H2,1-2H3,(H,17,19). The molecule has 5 heteroatoms. The number of hydrazine groups is 1. The molecule has 0 radical (unpaired) electrons. The van der Waals surface area contributed by atoms with Gasteiger partial charge < -0.3 is 10.7 Å². The van der Waals surface area contributed by atoms with E-state index >= 15 is 0 Å². The minimum Gasteiger partial charge on any atom is -0.323 e. The minimum absolute atomic E-state index is 0.239. The Kier molecular flexibility index (Phi) is 3.77. The van der Waals surface area contributed by atoms with Crippen LogP contribution in [0.3, 0.4) is 0 Å². The highest BCUT2D eigenvalue weighted by atomic mass is 16.1. The van der Waals surface area contributed by atoms with Crippen LogP contribution >= 0.6 is 0 Å². The van der Waals surface area contributed by atoms with Crippen LogP contribution in [0.2, 0.25) is 0 Å². The quantitative estimate of drug-likeness (QED) is 0.581. The van der Waals surface area contributed by atoms with E-state index in [9.17, 15) is 4.79 Å². The van der Waals surface area contributed by atoms with Crippen LogP contribution in [0.25, 0.3) is 0 Å². The summed E-state index contributed by atoms with van der Waals surface area (Å²) in [7, 11) is 0. The molecule has 0 unspecified atom stereocenters. The number of nitrogens with two attached hydrogens (primary N) is 1. The van der Waals surface area contributed by atoms with Crippen LogP contribution < -0.4 is 16.6 Å². The first-order valence-electron chi connectivity index (χ1n) is 5.92. The van der Waals surface area contributed by atoms with Crippen molar-refractivity contribution in [2.75, 3.05) is 10.7 Å². The molecule has 0 atom stereocenters. The number of amides is 1. The van der Waals surface area contributed by atoms with E-state index < -0.39 is 0 Å². The number of hydrogen-bond acceptors (Lipinski definition) is 4. The van der Waals surface area contributed by atoms with E-state index in [1.165, 1.54) is 6.20 Å². The Morgan fingerprint density at radius 1 is 1.21 bits per heavy atom. The number of rotatable bonds is 3. The number of nitrogens with one attached hydrogen (secondary N) is 2. The van der Waals surface area contributed by atoms with Crippen LogP contribution in [0.1, 0.15) is 21.6 Å². The van der Waals surface area contributed by atoms with Gasteiger partial charge in [-0.1, -0.05) is 12.1 Å². The Morgan fingerprint density at radius 2 is 2.00 bits per heavy atom. The molecule has 0 bridgehead atoms. The molecule has 1 aromatic carbocycles. The third-order valence-corrected chi connectivity index (χ3v) is 3.02. The lowest BCUT2D eigenvalue weighted by molar-refractivity contribution is 0.102. The summed E-state index contributed by atoms with van der Waals surface area (Å²) in [5.74, 6) is 5.01. The van der Waals surface area contributed by atoms with Gasteiger partial charge in [0.05, 0.1) is 11.9 Å². The second-order valence-electron chi connectivity index (χ2n) is 4.28. The van der Waals surface area contributed by atoms with Gasteiger partial charge in [0.1, 0.15) is 5.69 Å². The molecule has 1 aromatic heterocycles. The van der Waals surface area contributed by atoms with Gasteiger partial charge in [-0.2, -0.15) is 0 Å². The second-order valence-corrected chi connectivity index (χ2v) is 4.28. The molecule has 2 rings (SSSR count). The van der Waals surface area contributed by atoms with Crippen molar-refractivity contribution in [2.45, 2.75) is 13.8 Å². The first-order chi connectivity index (χ1) is 9.11. The first-order valence-corrected chi connectivity index (χ1v) is 5.92. The van der Waals surface area contributed by atoms with Crippen molar-refractivity contribution in [1.29, 1.82) is 0 Å². The molecule has 0 aliphatic rings. The van der Waals surface area contributed by atoms with Gasteiger partial charge >= 0.3 is 0 Å². The first kappa shape index (κ1) is 13.0. The lowest BCUT2D eigenvalue weighted by atomic mass is 10.1. The summed E-state index contributed by atoms with van der Waals surface area (Å²) >= 11 is 0. The van der Waals surface area contributed by atoms with Gasteiger partial charge in [0.2, 0.25) is 0 Å². The van der Waals surface area contributed by atoms with Crippen molar-refractivity contribution >= 4 is 17.3 Å². The number of aromatic nitrogens is 1. The third kappa shape index (κ3) is 2.89. The SMILES string of the molecule is Cc1cccc(NC(=O)c2ccc(NN)cn2)c1C. The fraction of sp³-hybridized carbons (Fsp3) is 0.143. The molecule has 0 spiro atoms. The van der Waals surface area contributed by atoms with E-state index in [0.717, 1.165) is 16.8 Å². The maximum absolute atomic E-state index is 12.1. The van der Waals surface area contributed by atoms with E-state index in [2.05, 4.69) is 15.7 Å². The summed E-state index contributed by atoms with van der Waals surface area (Å²) in [6.45, 7) is 3.98. The van der Waals surface area contributed by atoms with Gasteiger partial charge in [-0.3, -0.25) is 10.6 Å². The highest BCUT2D eigenvalue weighted by molar-refractivity contribution is 6.03. The monoisotopic (exact) mass is 256 g/mol. The highest BCUT2D eigenvalue weighted by Crippen LogP contribution is 2.18. The van der Waals surface area contributed by atoms with E-state index in [1.807, 2.05) is 32.0 Å². The largest absolute Gasteiger partial charge is 0.323 e. The molecule has 0 aliphatic heterocycles. The van der Waals surface area contributed by atoms with Crippen molar-refractivity contribution in [2.24, 2.45) is 5.84 Å². The van der Waals surface area contributed by atoms with Crippen molar-refractivity contribution < 1.29 is 4.79 Å². The van der Waals surface area contributed by atoms with Gasteiger partial charge in [0.25, 0.3) is 5.91 Å². The smallest absolute Gasteiger partial charge is 0.274 e. The summed E-state index contributed by atoms with van der Waals surface area (Å²) < 4.78 is 0. The van der Waals surface area contributed by atoms with E-state index in [1.54, 1.807) is 12.1 Å². The van der Waals surface area contributed by atoms with Gasteiger partial charge in [-0.25, -0.2) is 4.98 Å². The number of carbonyl (C=O) groups is 1. The zero-order valence-electron chi connectivity index (χ0n) is 10.9. The average molecular weight is 256 g/mol. The Morgan fingerprint density at radius 3 is 2.63 bits per heavy atom. The molecule has 2 aromatic rings. The molecule has 5 nitrogen and oxygen atoms in total. The number of anilines is 2. The summed E-state index contributed by atoms with van der Waals surface area (Å²) in [4.78, 5) is 16.1. The van der Waals surface area contributed by atoms with Crippen LogP contribution in [0, 0.1) is 13.8 Å². The topological polar surface area (TPSA) is 80.0 Å². The summed E-state index contributed by atoms with van der Waals surface area (Å²) in [6.07, 6.45) is 1.51. The Balaban J connectivity index is 2.18. The van der Waals surface area contributed by atoms with Crippen LogP contribution in [0.4, 0.5) is 11.4 Å². The Bertz CT molecular complexity index is 593. The van der Waals surface area contributed by atoms with Gasteiger partial charge in [-0.05, 0) is 43.2 Å². The zero-order valence-corrected chi connectivity index (χ0v) is 10.9. The molecule has 0 saturated carbocycles. The normalized spacial score (nSPS) is 10.1. The highest BCUT2D eigenvalue weighted by Gasteiger charge is 2.09. The van der Waals surface area contributed by atoms with Crippen molar-refractivity contribution in [3.05, 3.63) is 53.3 Å². The summed E-state index contributed by atoms with van der Waals surface area (Å²) in [6, 6.07) is 9.11. The van der Waals surface area contributed by atoms with Gasteiger partial charge in [0.15, 0.2) is 0 Å². The summed E-state index contributed by atoms with van der Waals surface area (Å²) in [5.41, 5.74) is 6.45. The fourth-order valence-electron chi connectivity index (χ4n) is 1.69. The van der Waals surface area contributed by atoms with Gasteiger partial charge in [-0.15, -0.1) is 0 Å². The van der Waals surface area contributed by atoms with E-state index in [-0.39, 0.29) is 5.91 Å². The van der Waals surface area contributed by atoms with Crippen molar-refractivity contribution in [1.82, 2.24) is 4.98 Å². The molecule has 4 N–H and O–H groups in total. The molecule has 0 saturated heterocycles. The van der Waals surface area contributed by atoms with Crippen molar-refractivity contribution in [3.8, 4) is 0 Å². The molecular formula is C14H16N4O. The maximum Gasteiger partial charge on any atom is 0.274 e. The van der Waals surface area contributed by atoms with Crippen LogP contribution in [-0.4, -0.2) is 10.9 Å². The molecule has 0 fully saturated rings. The van der Waals surface area contributed by atoms with Gasteiger partial charge in [0, 0.05) is 5.69 Å². The second kappa shape index (κ2) is 5.49. The maximum atomic E-state index is 12.1.